The molecule has 2 aliphatic rings. The van der Waals surface area contributed by atoms with Gasteiger partial charge in [0.05, 0.1) is 5.92 Å². The van der Waals surface area contributed by atoms with E-state index >= 15 is 0 Å². The van der Waals surface area contributed by atoms with Crippen molar-refractivity contribution in [1.82, 2.24) is 15.5 Å². The molecule has 2 rings (SSSR count). The van der Waals surface area contributed by atoms with Crippen molar-refractivity contribution in [2.45, 2.75) is 58.8 Å². The quantitative estimate of drug-likeness (QED) is 0.331. The van der Waals surface area contributed by atoms with Crippen LogP contribution >= 0.6 is 0 Å². The van der Waals surface area contributed by atoms with Gasteiger partial charge in [-0.2, -0.15) is 0 Å². The molecule has 2 fully saturated rings. The molecule has 1 saturated carbocycles. The number of amides is 1. The van der Waals surface area contributed by atoms with Crippen LogP contribution in [0.25, 0.3) is 0 Å². The molecule has 4 N–H and O–H groups in total. The van der Waals surface area contributed by atoms with E-state index in [1.807, 2.05) is 7.05 Å². The van der Waals surface area contributed by atoms with Crippen LogP contribution in [0.1, 0.15) is 58.8 Å². The van der Waals surface area contributed by atoms with Crippen LogP contribution in [0.4, 0.5) is 0 Å². The van der Waals surface area contributed by atoms with Crippen molar-refractivity contribution in [1.29, 1.82) is 0 Å². The third-order valence-corrected chi connectivity index (χ3v) is 5.96. The summed E-state index contributed by atoms with van der Waals surface area (Å²) in [6.45, 7) is 9.46. The summed E-state index contributed by atoms with van der Waals surface area (Å²) in [5.41, 5.74) is 5.93. The van der Waals surface area contributed by atoms with E-state index in [9.17, 15) is 4.79 Å². The van der Waals surface area contributed by atoms with E-state index in [-0.39, 0.29) is 11.8 Å². The van der Waals surface area contributed by atoms with Crippen LogP contribution in [0.2, 0.25) is 0 Å². The average Bonchev–Trinajstić information content (AvgIpc) is 2.58. The van der Waals surface area contributed by atoms with Crippen LogP contribution < -0.4 is 16.4 Å². The number of hydrogen-bond acceptors (Lipinski definition) is 3. The fraction of sp³-hybridized carbons (Fsp3) is 0.900. The van der Waals surface area contributed by atoms with E-state index in [1.54, 1.807) is 0 Å². The number of carbonyl (C=O) groups excluding carboxylic acids is 1. The summed E-state index contributed by atoms with van der Waals surface area (Å²) in [5, 5.41) is 6.98. The number of hydrogen-bond donors (Lipinski definition) is 3. The molecule has 0 radical (unpaired) electrons. The van der Waals surface area contributed by atoms with E-state index in [1.165, 1.54) is 25.7 Å². The van der Waals surface area contributed by atoms with Crippen molar-refractivity contribution < 1.29 is 4.79 Å². The van der Waals surface area contributed by atoms with Gasteiger partial charge in [-0.25, -0.2) is 0 Å². The molecule has 1 atom stereocenters. The predicted octanol–water partition coefficient (Wildman–Crippen LogP) is 1.96. The topological polar surface area (TPSA) is 82.8 Å². The fourth-order valence-corrected chi connectivity index (χ4v) is 4.49. The Balaban J connectivity index is 1.64. The second-order valence-electron chi connectivity index (χ2n) is 8.70. The van der Waals surface area contributed by atoms with E-state index in [2.05, 4.69) is 34.4 Å². The van der Waals surface area contributed by atoms with Crippen molar-refractivity contribution in [3.63, 3.8) is 0 Å². The van der Waals surface area contributed by atoms with E-state index < -0.39 is 0 Å². The van der Waals surface area contributed by atoms with Crippen LogP contribution in [0, 0.1) is 17.3 Å². The van der Waals surface area contributed by atoms with E-state index in [0.29, 0.717) is 5.41 Å². The molecule has 1 saturated heterocycles. The smallest absolute Gasteiger partial charge is 0.221 e. The molecule has 1 aliphatic carbocycles. The lowest BCUT2D eigenvalue weighted by Crippen LogP contribution is -2.47. The zero-order valence-electron chi connectivity index (χ0n) is 17.0. The minimum Gasteiger partial charge on any atom is -0.369 e. The van der Waals surface area contributed by atoms with Gasteiger partial charge in [0.25, 0.3) is 0 Å². The summed E-state index contributed by atoms with van der Waals surface area (Å²) < 4.78 is 0. The Hall–Kier alpha value is -1.30. The van der Waals surface area contributed by atoms with Crippen LogP contribution in [-0.4, -0.2) is 56.5 Å². The molecule has 1 unspecified atom stereocenters. The molecule has 1 heterocycles. The number of likely N-dealkylation sites (tertiary alicyclic amines) is 1. The van der Waals surface area contributed by atoms with Crippen molar-refractivity contribution >= 4 is 11.9 Å². The van der Waals surface area contributed by atoms with Gasteiger partial charge in [0, 0.05) is 26.7 Å². The number of guanidine groups is 1. The fourth-order valence-electron chi connectivity index (χ4n) is 4.49. The monoisotopic (exact) mass is 365 g/mol. The Kier molecular flexibility index (Phi) is 8.19. The van der Waals surface area contributed by atoms with Crippen LogP contribution in [0.15, 0.2) is 4.99 Å². The number of rotatable bonds is 9. The number of aliphatic imine (C=N–C) groups is 1. The first-order valence-electron chi connectivity index (χ1n) is 10.4. The summed E-state index contributed by atoms with van der Waals surface area (Å²) in [4.78, 5) is 18.1. The summed E-state index contributed by atoms with van der Waals surface area (Å²) in [5.74, 6) is 1.55. The zero-order valence-corrected chi connectivity index (χ0v) is 17.0. The molecule has 150 valence electrons. The first kappa shape index (κ1) is 21.0. The zero-order chi connectivity index (χ0) is 19.0. The highest BCUT2D eigenvalue weighted by atomic mass is 16.1. The lowest BCUT2D eigenvalue weighted by atomic mass is 9.64. The largest absolute Gasteiger partial charge is 0.369 e. The Labute approximate surface area is 159 Å². The third-order valence-electron chi connectivity index (χ3n) is 5.96. The van der Waals surface area contributed by atoms with Gasteiger partial charge in [-0.05, 0) is 62.9 Å². The average molecular weight is 366 g/mol. The molecule has 26 heavy (non-hydrogen) atoms. The van der Waals surface area contributed by atoms with Crippen molar-refractivity contribution in [3.05, 3.63) is 0 Å². The summed E-state index contributed by atoms with van der Waals surface area (Å²) >= 11 is 0. The Morgan fingerprint density at radius 2 is 2.08 bits per heavy atom. The highest BCUT2D eigenvalue weighted by Gasteiger charge is 2.37. The molecule has 6 heteroatoms. The third kappa shape index (κ3) is 6.45. The molecule has 0 spiro atoms. The van der Waals surface area contributed by atoms with Gasteiger partial charge in [-0.15, -0.1) is 0 Å². The molecule has 0 aromatic heterocycles. The second kappa shape index (κ2) is 10.1. The number of nitrogens with zero attached hydrogens (tertiary/aromatic N) is 2. The summed E-state index contributed by atoms with van der Waals surface area (Å²) in [6, 6.07) is 0. The highest BCUT2D eigenvalue weighted by Crippen LogP contribution is 2.45. The molecule has 0 aromatic rings. The second-order valence-corrected chi connectivity index (χ2v) is 8.70. The van der Waals surface area contributed by atoms with Gasteiger partial charge in [0.1, 0.15) is 0 Å². The van der Waals surface area contributed by atoms with Crippen molar-refractivity contribution in [2.24, 2.45) is 28.0 Å². The Morgan fingerprint density at radius 3 is 2.65 bits per heavy atom. The number of piperidine rings is 1. The predicted molar refractivity (Wildman–Crippen MR) is 108 cm³/mol. The SMILES string of the molecule is CN=C(NCCCN1CCCC(C(N)=O)C1)NCC1(CC(C)C)CCC1. The first-order valence-corrected chi connectivity index (χ1v) is 10.4. The van der Waals surface area contributed by atoms with Crippen LogP contribution in [-0.2, 0) is 4.79 Å². The Bertz CT molecular complexity index is 473. The number of nitrogens with two attached hydrogens (primary N) is 1. The molecule has 0 bridgehead atoms. The summed E-state index contributed by atoms with van der Waals surface area (Å²) in [7, 11) is 1.84. The van der Waals surface area contributed by atoms with Gasteiger partial charge in [-0.3, -0.25) is 9.79 Å². The lowest BCUT2D eigenvalue weighted by molar-refractivity contribution is -0.123. The van der Waals surface area contributed by atoms with Crippen LogP contribution in [0.5, 0.6) is 0 Å². The van der Waals surface area contributed by atoms with E-state index in [0.717, 1.165) is 63.9 Å². The van der Waals surface area contributed by atoms with E-state index in [4.69, 9.17) is 5.73 Å². The lowest BCUT2D eigenvalue weighted by Gasteiger charge is -2.43. The number of primary amides is 1. The maximum atomic E-state index is 11.4. The number of carbonyl (C=O) groups is 1. The highest BCUT2D eigenvalue weighted by molar-refractivity contribution is 5.79. The molecule has 6 nitrogen and oxygen atoms in total. The maximum Gasteiger partial charge on any atom is 0.221 e. The first-order chi connectivity index (χ1) is 12.4. The number of nitrogens with one attached hydrogen (secondary N) is 2. The summed E-state index contributed by atoms with van der Waals surface area (Å²) in [6.07, 6.45) is 8.40. The standard InChI is InChI=1S/C20H39N5O/c1-16(2)13-20(8-5-9-20)15-24-19(22-3)23-10-6-12-25-11-4-7-17(14-25)18(21)26/h16-17H,4-15H2,1-3H3,(H2,21,26)(H2,22,23,24). The van der Waals surface area contributed by atoms with Crippen LogP contribution in [0.3, 0.4) is 0 Å². The Morgan fingerprint density at radius 1 is 1.31 bits per heavy atom. The van der Waals surface area contributed by atoms with Crippen molar-refractivity contribution in [3.8, 4) is 0 Å². The van der Waals surface area contributed by atoms with Gasteiger partial charge in [-0.1, -0.05) is 20.3 Å². The normalized spacial score (nSPS) is 23.5. The van der Waals surface area contributed by atoms with Gasteiger partial charge in [0.2, 0.25) is 5.91 Å². The molecule has 0 aromatic carbocycles. The van der Waals surface area contributed by atoms with Crippen molar-refractivity contribution in [2.75, 3.05) is 39.8 Å². The molecule has 1 amide bonds. The van der Waals surface area contributed by atoms with Gasteiger partial charge < -0.3 is 21.3 Å². The minimum absolute atomic E-state index is 0.0331. The molecule has 1 aliphatic heterocycles. The maximum absolute atomic E-state index is 11.4. The van der Waals surface area contributed by atoms with Gasteiger partial charge >= 0.3 is 0 Å². The van der Waals surface area contributed by atoms with Gasteiger partial charge in [0.15, 0.2) is 5.96 Å². The molecular formula is C20H39N5O. The minimum atomic E-state index is -0.149. The molecular weight excluding hydrogens is 326 g/mol.